The van der Waals surface area contributed by atoms with E-state index in [4.69, 9.17) is 27.7 Å². The fraction of sp³-hybridized carbons (Fsp3) is 0. The summed E-state index contributed by atoms with van der Waals surface area (Å²) >= 11 is 0. The van der Waals surface area contributed by atoms with E-state index in [2.05, 4.69) is 19.9 Å². The molecule has 10 nitrogen and oxygen atoms in total. The molecule has 0 fully saturated rings. The van der Waals surface area contributed by atoms with Crippen LogP contribution in [0.25, 0.3) is 33.5 Å². The van der Waals surface area contributed by atoms with Crippen molar-refractivity contribution in [3.63, 3.8) is 0 Å². The minimum atomic E-state index is -0.565. The van der Waals surface area contributed by atoms with Crippen LogP contribution >= 0.6 is 0 Å². The SMILES string of the molecule is Nc1ccc(OC(=O)c2nc3ccc(N)cc3[nH]2)cc1.Nc1cccc(-c2nc3ccc(N)cc3[nH]2)c1. The van der Waals surface area contributed by atoms with Crippen molar-refractivity contribution in [1.29, 1.82) is 0 Å². The molecule has 184 valence electrons. The highest BCUT2D eigenvalue weighted by Gasteiger charge is 2.14. The molecule has 0 aliphatic heterocycles. The Morgan fingerprint density at radius 1 is 0.649 bits per heavy atom. The first-order chi connectivity index (χ1) is 17.8. The van der Waals surface area contributed by atoms with Gasteiger partial charge >= 0.3 is 5.97 Å². The number of aromatic amines is 2. The third-order valence-corrected chi connectivity index (χ3v) is 5.46. The summed E-state index contributed by atoms with van der Waals surface area (Å²) in [5.74, 6) is 0.772. The van der Waals surface area contributed by atoms with Crippen molar-refractivity contribution >= 4 is 50.8 Å². The van der Waals surface area contributed by atoms with Gasteiger partial charge in [-0.1, -0.05) is 12.1 Å². The molecule has 10 heteroatoms. The number of benzene rings is 4. The summed E-state index contributed by atoms with van der Waals surface area (Å²) in [6.45, 7) is 0. The first-order valence-electron chi connectivity index (χ1n) is 11.3. The van der Waals surface area contributed by atoms with Gasteiger partial charge in [0.15, 0.2) is 0 Å². The molecule has 6 rings (SSSR count). The number of aromatic nitrogens is 4. The van der Waals surface area contributed by atoms with Crippen LogP contribution in [0, 0.1) is 0 Å². The van der Waals surface area contributed by atoms with E-state index in [1.54, 1.807) is 42.5 Å². The number of rotatable bonds is 3. The lowest BCUT2D eigenvalue weighted by Gasteiger charge is -2.01. The van der Waals surface area contributed by atoms with Gasteiger partial charge in [0.25, 0.3) is 0 Å². The predicted molar refractivity (Wildman–Crippen MR) is 147 cm³/mol. The number of nitrogens with zero attached hydrogens (tertiary/aromatic N) is 2. The maximum Gasteiger partial charge on any atom is 0.379 e. The molecule has 4 aromatic carbocycles. The zero-order valence-corrected chi connectivity index (χ0v) is 19.6. The van der Waals surface area contributed by atoms with E-state index in [1.165, 1.54) is 0 Å². The predicted octanol–water partition coefficient (Wildman–Crippen LogP) is 4.34. The van der Waals surface area contributed by atoms with Crippen LogP contribution in [0.3, 0.4) is 0 Å². The summed E-state index contributed by atoms with van der Waals surface area (Å²) in [5, 5.41) is 0. The van der Waals surface area contributed by atoms with E-state index in [0.717, 1.165) is 33.8 Å². The van der Waals surface area contributed by atoms with Gasteiger partial charge in [0.2, 0.25) is 5.82 Å². The summed E-state index contributed by atoms with van der Waals surface area (Å²) < 4.78 is 5.20. The van der Waals surface area contributed by atoms with Gasteiger partial charge in [-0.15, -0.1) is 0 Å². The molecule has 0 aliphatic rings. The molecule has 2 heterocycles. The summed E-state index contributed by atoms with van der Waals surface area (Å²) in [6.07, 6.45) is 0. The third kappa shape index (κ3) is 5.28. The zero-order chi connectivity index (χ0) is 25.9. The quantitative estimate of drug-likeness (QED) is 0.119. The van der Waals surface area contributed by atoms with Crippen LogP contribution in [-0.2, 0) is 0 Å². The summed E-state index contributed by atoms with van der Waals surface area (Å²) in [7, 11) is 0. The van der Waals surface area contributed by atoms with Gasteiger partial charge in [0.1, 0.15) is 11.6 Å². The van der Waals surface area contributed by atoms with E-state index in [0.29, 0.717) is 28.2 Å². The van der Waals surface area contributed by atoms with E-state index in [1.807, 2.05) is 42.5 Å². The van der Waals surface area contributed by atoms with Crippen molar-refractivity contribution in [2.75, 3.05) is 22.9 Å². The van der Waals surface area contributed by atoms with Crippen molar-refractivity contribution < 1.29 is 9.53 Å². The number of H-pyrrole nitrogens is 2. The van der Waals surface area contributed by atoms with Crippen LogP contribution < -0.4 is 27.7 Å². The summed E-state index contributed by atoms with van der Waals surface area (Å²) in [6, 6.07) is 24.9. The number of esters is 1. The summed E-state index contributed by atoms with van der Waals surface area (Å²) in [4.78, 5) is 26.7. The average molecular weight is 493 g/mol. The fourth-order valence-corrected chi connectivity index (χ4v) is 3.67. The van der Waals surface area contributed by atoms with Crippen molar-refractivity contribution in [3.05, 3.63) is 90.8 Å². The lowest BCUT2D eigenvalue weighted by molar-refractivity contribution is 0.0723. The van der Waals surface area contributed by atoms with Crippen LogP contribution in [0.4, 0.5) is 22.7 Å². The molecule has 0 amide bonds. The fourth-order valence-electron chi connectivity index (χ4n) is 3.67. The second kappa shape index (κ2) is 9.62. The van der Waals surface area contributed by atoms with Crippen LogP contribution in [0.2, 0.25) is 0 Å². The Balaban J connectivity index is 0.000000153. The molecule has 2 aromatic heterocycles. The van der Waals surface area contributed by atoms with Crippen LogP contribution in [0.5, 0.6) is 5.75 Å². The number of ether oxygens (including phenoxy) is 1. The molecule has 0 bridgehead atoms. The van der Waals surface area contributed by atoms with Crippen LogP contribution in [0.1, 0.15) is 10.6 Å². The number of hydrogen-bond donors (Lipinski definition) is 6. The Morgan fingerprint density at radius 2 is 1.24 bits per heavy atom. The Bertz CT molecular complexity index is 1720. The number of nitrogens with one attached hydrogen (secondary N) is 2. The van der Waals surface area contributed by atoms with Crippen molar-refractivity contribution in [2.45, 2.75) is 0 Å². The number of fused-ring (bicyclic) bond motifs is 2. The largest absolute Gasteiger partial charge is 0.421 e. The Kier molecular flexibility index (Phi) is 6.05. The van der Waals surface area contributed by atoms with Crippen LogP contribution in [0.15, 0.2) is 84.9 Å². The van der Waals surface area contributed by atoms with E-state index in [9.17, 15) is 4.79 Å². The monoisotopic (exact) mass is 492 g/mol. The number of carbonyl (C=O) groups excluding carboxylic acids is 1. The molecule has 0 saturated heterocycles. The first kappa shape index (κ1) is 23.2. The lowest BCUT2D eigenvalue weighted by atomic mass is 10.2. The van der Waals surface area contributed by atoms with Gasteiger partial charge in [-0.25, -0.2) is 14.8 Å². The van der Waals surface area contributed by atoms with E-state index >= 15 is 0 Å². The van der Waals surface area contributed by atoms with Gasteiger partial charge in [-0.05, 0) is 72.8 Å². The standard InChI is InChI=1S/C14H12N4O2.C13H12N4/c15-8-1-4-10(5-2-8)20-14(19)13-17-11-6-3-9(16)7-12(11)18-13;14-9-3-1-2-8(6-9)13-16-11-5-4-10(15)7-12(11)17-13/h1-7H,15-16H2,(H,17,18);1-7H,14-15H2,(H,16,17). The summed E-state index contributed by atoms with van der Waals surface area (Å²) in [5.41, 5.74) is 29.5. The van der Waals surface area contributed by atoms with Gasteiger partial charge in [-0.3, -0.25) is 0 Å². The molecule has 0 radical (unpaired) electrons. The number of carbonyl (C=O) groups is 1. The topological polar surface area (TPSA) is 188 Å². The molecule has 0 spiro atoms. The average Bonchev–Trinajstić information content (AvgIpc) is 3.49. The molecule has 6 aromatic rings. The number of imidazole rings is 2. The first-order valence-corrected chi connectivity index (χ1v) is 11.3. The van der Waals surface area contributed by atoms with Crippen molar-refractivity contribution in [3.8, 4) is 17.1 Å². The number of anilines is 4. The smallest absolute Gasteiger partial charge is 0.379 e. The third-order valence-electron chi connectivity index (χ3n) is 5.46. The molecule has 0 atom stereocenters. The van der Waals surface area contributed by atoms with Gasteiger partial charge < -0.3 is 37.6 Å². The second-order valence-corrected chi connectivity index (χ2v) is 8.31. The van der Waals surface area contributed by atoms with Crippen LogP contribution in [-0.4, -0.2) is 25.9 Å². The minimum absolute atomic E-state index is 0.127. The van der Waals surface area contributed by atoms with Gasteiger partial charge in [0, 0.05) is 28.3 Å². The van der Waals surface area contributed by atoms with E-state index < -0.39 is 5.97 Å². The Morgan fingerprint density at radius 3 is 1.92 bits per heavy atom. The zero-order valence-electron chi connectivity index (χ0n) is 19.6. The maximum atomic E-state index is 12.0. The Hall–Kier alpha value is -5.51. The molecular weight excluding hydrogens is 468 g/mol. The normalized spacial score (nSPS) is 10.7. The molecule has 0 saturated carbocycles. The molecule has 0 aliphatic carbocycles. The highest BCUT2D eigenvalue weighted by Crippen LogP contribution is 2.23. The number of nitrogens with two attached hydrogens (primary N) is 4. The molecular formula is C27H24N8O2. The molecule has 10 N–H and O–H groups in total. The molecule has 0 unspecified atom stereocenters. The van der Waals surface area contributed by atoms with E-state index in [-0.39, 0.29) is 5.82 Å². The minimum Gasteiger partial charge on any atom is -0.421 e. The lowest BCUT2D eigenvalue weighted by Crippen LogP contribution is -2.10. The Labute approximate surface area is 211 Å². The highest BCUT2D eigenvalue weighted by molar-refractivity contribution is 5.92. The maximum absolute atomic E-state index is 12.0. The van der Waals surface area contributed by atoms with Gasteiger partial charge in [0.05, 0.1) is 22.1 Å². The highest BCUT2D eigenvalue weighted by atomic mass is 16.5. The second-order valence-electron chi connectivity index (χ2n) is 8.31. The van der Waals surface area contributed by atoms with Crippen molar-refractivity contribution in [2.24, 2.45) is 0 Å². The number of hydrogen-bond acceptors (Lipinski definition) is 8. The van der Waals surface area contributed by atoms with Crippen molar-refractivity contribution in [1.82, 2.24) is 19.9 Å². The van der Waals surface area contributed by atoms with Gasteiger partial charge in [-0.2, -0.15) is 0 Å². The number of nitrogen functional groups attached to an aromatic ring is 4. The molecule has 37 heavy (non-hydrogen) atoms.